The maximum Gasteiger partial charge on any atom is 0.228 e. The second-order valence-electron chi connectivity index (χ2n) is 6.93. The molecule has 0 aliphatic rings. The first-order valence-electron chi connectivity index (χ1n) is 9.00. The van der Waals surface area contributed by atoms with Crippen molar-refractivity contribution in [2.24, 2.45) is 0 Å². The van der Waals surface area contributed by atoms with E-state index >= 15 is 0 Å². The maximum absolute atomic E-state index is 12.5. The Morgan fingerprint density at radius 1 is 1.04 bits per heavy atom. The van der Waals surface area contributed by atoms with Crippen LogP contribution < -0.4 is 5.32 Å². The van der Waals surface area contributed by atoms with Crippen LogP contribution in [0.2, 0.25) is 5.02 Å². The molecule has 3 aromatic carbocycles. The van der Waals surface area contributed by atoms with Crippen LogP contribution >= 0.6 is 11.6 Å². The molecule has 1 amide bonds. The average Bonchev–Trinajstić information content (AvgIpc) is 3.04. The Balaban J connectivity index is 1.58. The number of fused-ring (bicyclic) bond motifs is 1. The van der Waals surface area contributed by atoms with Crippen LogP contribution in [0.4, 0.5) is 5.69 Å². The molecule has 1 N–H and O–H groups in total. The Morgan fingerprint density at radius 3 is 2.71 bits per heavy atom. The molecule has 0 aliphatic carbocycles. The van der Waals surface area contributed by atoms with E-state index in [4.69, 9.17) is 16.0 Å². The van der Waals surface area contributed by atoms with E-state index in [2.05, 4.69) is 10.3 Å². The van der Waals surface area contributed by atoms with Gasteiger partial charge in [0.05, 0.1) is 6.42 Å². The first-order valence-corrected chi connectivity index (χ1v) is 9.38. The molecule has 0 saturated carbocycles. The molecule has 0 saturated heterocycles. The van der Waals surface area contributed by atoms with E-state index in [1.165, 1.54) is 0 Å². The smallest absolute Gasteiger partial charge is 0.228 e. The second-order valence-corrected chi connectivity index (χ2v) is 7.37. The minimum atomic E-state index is -0.0634. The molecule has 1 heterocycles. The van der Waals surface area contributed by atoms with Crippen LogP contribution in [0.1, 0.15) is 16.7 Å². The molecule has 4 rings (SSSR count). The Kier molecular flexibility index (Phi) is 4.88. The van der Waals surface area contributed by atoms with Crippen molar-refractivity contribution in [1.82, 2.24) is 4.98 Å². The van der Waals surface area contributed by atoms with Crippen molar-refractivity contribution < 1.29 is 9.21 Å². The highest BCUT2D eigenvalue weighted by molar-refractivity contribution is 6.31. The zero-order chi connectivity index (χ0) is 19.7. The third-order valence-corrected chi connectivity index (χ3v) is 4.64. The Labute approximate surface area is 168 Å². The van der Waals surface area contributed by atoms with Crippen molar-refractivity contribution in [2.45, 2.75) is 20.3 Å². The van der Waals surface area contributed by atoms with Crippen molar-refractivity contribution in [3.05, 3.63) is 82.4 Å². The van der Waals surface area contributed by atoms with E-state index in [0.717, 1.165) is 22.3 Å². The number of amides is 1. The van der Waals surface area contributed by atoms with Crippen LogP contribution in [0.3, 0.4) is 0 Å². The molecule has 1 aromatic heterocycles. The zero-order valence-electron chi connectivity index (χ0n) is 15.6. The average molecular weight is 391 g/mol. The van der Waals surface area contributed by atoms with Gasteiger partial charge < -0.3 is 9.73 Å². The molecule has 5 heteroatoms. The van der Waals surface area contributed by atoms with E-state index in [1.807, 2.05) is 56.3 Å². The number of aromatic nitrogens is 1. The molecule has 4 aromatic rings. The number of carbonyl (C=O) groups excluding carboxylic acids is 1. The lowest BCUT2D eigenvalue weighted by atomic mass is 10.1. The van der Waals surface area contributed by atoms with Gasteiger partial charge in [0.1, 0.15) is 5.52 Å². The molecular weight excluding hydrogens is 372 g/mol. The predicted molar refractivity (Wildman–Crippen MR) is 113 cm³/mol. The van der Waals surface area contributed by atoms with Crippen molar-refractivity contribution in [3.63, 3.8) is 0 Å². The van der Waals surface area contributed by atoms with E-state index in [1.54, 1.807) is 18.2 Å². The van der Waals surface area contributed by atoms with Crippen molar-refractivity contribution >= 4 is 34.3 Å². The molecule has 0 aliphatic heterocycles. The molecule has 0 fully saturated rings. The lowest BCUT2D eigenvalue weighted by Crippen LogP contribution is -2.14. The monoisotopic (exact) mass is 390 g/mol. The summed E-state index contributed by atoms with van der Waals surface area (Å²) in [5, 5.41) is 3.59. The minimum absolute atomic E-state index is 0.0634. The number of nitrogens with one attached hydrogen (secondary N) is 1. The largest absolute Gasteiger partial charge is 0.436 e. The molecule has 0 spiro atoms. The SMILES string of the molecule is Cc1cccc(CC(=O)Nc2cc(C)cc(-c3nc4cc(Cl)ccc4o3)c2)c1. The first kappa shape index (κ1) is 18.3. The van der Waals surface area contributed by atoms with E-state index in [-0.39, 0.29) is 5.91 Å². The summed E-state index contributed by atoms with van der Waals surface area (Å²) < 4.78 is 5.85. The van der Waals surface area contributed by atoms with Gasteiger partial charge in [-0.05, 0) is 61.4 Å². The Hall–Kier alpha value is -3.11. The number of aryl methyl sites for hydroxylation is 2. The number of benzene rings is 3. The first-order chi connectivity index (χ1) is 13.5. The van der Waals surface area contributed by atoms with Crippen LogP contribution in [0.25, 0.3) is 22.6 Å². The van der Waals surface area contributed by atoms with Gasteiger partial charge in [0.2, 0.25) is 11.8 Å². The molecule has 0 bridgehead atoms. The normalized spacial score (nSPS) is 11.0. The molecular formula is C23H19ClN2O2. The van der Waals surface area contributed by atoms with Gasteiger partial charge in [-0.1, -0.05) is 41.4 Å². The number of anilines is 1. The summed E-state index contributed by atoms with van der Waals surface area (Å²) >= 11 is 6.03. The topological polar surface area (TPSA) is 55.1 Å². The van der Waals surface area contributed by atoms with Gasteiger partial charge in [0.25, 0.3) is 0 Å². The standard InChI is InChI=1S/C23H19ClN2O2/c1-14-4-3-5-16(8-14)11-22(27)25-19-10-15(2)9-17(12-19)23-26-20-13-18(24)6-7-21(20)28-23/h3-10,12-13H,11H2,1-2H3,(H,25,27). The lowest BCUT2D eigenvalue weighted by molar-refractivity contribution is -0.115. The highest BCUT2D eigenvalue weighted by Crippen LogP contribution is 2.29. The fourth-order valence-corrected chi connectivity index (χ4v) is 3.38. The van der Waals surface area contributed by atoms with Gasteiger partial charge in [-0.15, -0.1) is 0 Å². The highest BCUT2D eigenvalue weighted by atomic mass is 35.5. The summed E-state index contributed by atoms with van der Waals surface area (Å²) in [6.07, 6.45) is 0.326. The number of carbonyl (C=O) groups is 1. The van der Waals surface area contributed by atoms with Crippen molar-refractivity contribution in [3.8, 4) is 11.5 Å². The summed E-state index contributed by atoms with van der Waals surface area (Å²) in [5.74, 6) is 0.432. The van der Waals surface area contributed by atoms with Gasteiger partial charge in [-0.3, -0.25) is 4.79 Å². The van der Waals surface area contributed by atoms with E-state index < -0.39 is 0 Å². The Morgan fingerprint density at radius 2 is 1.89 bits per heavy atom. The number of halogens is 1. The van der Waals surface area contributed by atoms with Crippen molar-refractivity contribution in [2.75, 3.05) is 5.32 Å². The van der Waals surface area contributed by atoms with Crippen LogP contribution in [0, 0.1) is 13.8 Å². The summed E-state index contributed by atoms with van der Waals surface area (Å²) in [7, 11) is 0. The summed E-state index contributed by atoms with van der Waals surface area (Å²) in [5.41, 5.74) is 6.02. The second kappa shape index (κ2) is 7.49. The van der Waals surface area contributed by atoms with Crippen molar-refractivity contribution in [1.29, 1.82) is 0 Å². The third kappa shape index (κ3) is 4.07. The number of hydrogen-bond donors (Lipinski definition) is 1. The quantitative estimate of drug-likeness (QED) is 0.468. The summed E-state index contributed by atoms with van der Waals surface area (Å²) in [6, 6.07) is 19.1. The summed E-state index contributed by atoms with van der Waals surface area (Å²) in [4.78, 5) is 17.0. The van der Waals surface area contributed by atoms with Gasteiger partial charge in [-0.25, -0.2) is 4.98 Å². The lowest BCUT2D eigenvalue weighted by Gasteiger charge is -2.08. The number of hydrogen-bond acceptors (Lipinski definition) is 3. The van der Waals surface area contributed by atoms with Crippen LogP contribution in [0.5, 0.6) is 0 Å². The van der Waals surface area contributed by atoms with E-state index in [9.17, 15) is 4.79 Å². The molecule has 28 heavy (non-hydrogen) atoms. The Bertz CT molecular complexity index is 1180. The number of rotatable bonds is 4. The van der Waals surface area contributed by atoms with E-state index in [0.29, 0.717) is 34.1 Å². The fourth-order valence-electron chi connectivity index (χ4n) is 3.22. The molecule has 0 unspecified atom stereocenters. The molecule has 0 atom stereocenters. The zero-order valence-corrected chi connectivity index (χ0v) is 16.4. The molecule has 4 nitrogen and oxygen atoms in total. The summed E-state index contributed by atoms with van der Waals surface area (Å²) in [6.45, 7) is 3.99. The van der Waals surface area contributed by atoms with Crippen LogP contribution in [0.15, 0.2) is 65.1 Å². The number of nitrogens with zero attached hydrogens (tertiary/aromatic N) is 1. The van der Waals surface area contributed by atoms with Crippen LogP contribution in [-0.4, -0.2) is 10.9 Å². The highest BCUT2D eigenvalue weighted by Gasteiger charge is 2.12. The van der Waals surface area contributed by atoms with Gasteiger partial charge >= 0.3 is 0 Å². The minimum Gasteiger partial charge on any atom is -0.436 e. The predicted octanol–water partition coefficient (Wildman–Crippen LogP) is 5.95. The molecule has 0 radical (unpaired) electrons. The van der Waals surface area contributed by atoms with Crippen LogP contribution in [-0.2, 0) is 11.2 Å². The maximum atomic E-state index is 12.5. The fraction of sp³-hybridized carbons (Fsp3) is 0.130. The van der Waals surface area contributed by atoms with Gasteiger partial charge in [0.15, 0.2) is 5.58 Å². The molecule has 140 valence electrons. The number of oxazole rings is 1. The van der Waals surface area contributed by atoms with Gasteiger partial charge in [-0.2, -0.15) is 0 Å². The third-order valence-electron chi connectivity index (χ3n) is 4.40. The van der Waals surface area contributed by atoms with Gasteiger partial charge in [0, 0.05) is 16.3 Å².